The number of hydrogen-bond donors (Lipinski definition) is 1. The minimum atomic E-state index is -0.525. The van der Waals surface area contributed by atoms with E-state index in [4.69, 9.17) is 0 Å². The van der Waals surface area contributed by atoms with Gasteiger partial charge in [0, 0.05) is 23.8 Å². The van der Waals surface area contributed by atoms with Crippen molar-refractivity contribution in [3.63, 3.8) is 0 Å². The standard InChI is InChI=1S/C15H13BrFN3O/c16-10-4-5-12(13(17)7-10)15(21)19-11-8-20(9-11)14-3-1-2-6-18-14/h1-7,11H,8-9H2,(H,19,21). The maximum atomic E-state index is 13.7. The van der Waals surface area contributed by atoms with Crippen molar-refractivity contribution in [2.75, 3.05) is 18.0 Å². The molecule has 2 heterocycles. The molecule has 1 fully saturated rings. The summed E-state index contributed by atoms with van der Waals surface area (Å²) in [5.74, 6) is -0.0220. The van der Waals surface area contributed by atoms with Gasteiger partial charge in [0.05, 0.1) is 11.6 Å². The van der Waals surface area contributed by atoms with E-state index < -0.39 is 5.82 Å². The summed E-state index contributed by atoms with van der Waals surface area (Å²) in [6.45, 7) is 1.36. The first-order chi connectivity index (χ1) is 10.1. The smallest absolute Gasteiger partial charge is 0.254 e. The van der Waals surface area contributed by atoms with Gasteiger partial charge in [-0.1, -0.05) is 22.0 Å². The molecule has 6 heteroatoms. The monoisotopic (exact) mass is 349 g/mol. The van der Waals surface area contributed by atoms with Crippen LogP contribution in [-0.2, 0) is 0 Å². The van der Waals surface area contributed by atoms with Gasteiger partial charge < -0.3 is 10.2 Å². The van der Waals surface area contributed by atoms with Crippen molar-refractivity contribution >= 4 is 27.7 Å². The summed E-state index contributed by atoms with van der Waals surface area (Å²) >= 11 is 3.17. The summed E-state index contributed by atoms with van der Waals surface area (Å²) in [6.07, 6.45) is 1.73. The Labute approximate surface area is 130 Å². The number of pyridine rings is 1. The van der Waals surface area contributed by atoms with Crippen LogP contribution in [0.3, 0.4) is 0 Å². The summed E-state index contributed by atoms with van der Waals surface area (Å²) in [5, 5.41) is 2.83. The first kappa shape index (κ1) is 14.0. The van der Waals surface area contributed by atoms with Gasteiger partial charge in [0.1, 0.15) is 11.6 Å². The zero-order valence-electron chi connectivity index (χ0n) is 11.1. The van der Waals surface area contributed by atoms with Crippen LogP contribution in [0.2, 0.25) is 0 Å². The molecule has 1 aromatic heterocycles. The van der Waals surface area contributed by atoms with Crippen molar-refractivity contribution in [2.24, 2.45) is 0 Å². The van der Waals surface area contributed by atoms with Crippen molar-refractivity contribution in [1.82, 2.24) is 10.3 Å². The summed E-state index contributed by atoms with van der Waals surface area (Å²) < 4.78 is 14.3. The number of hydrogen-bond acceptors (Lipinski definition) is 3. The van der Waals surface area contributed by atoms with Crippen LogP contribution in [0.4, 0.5) is 10.2 Å². The van der Waals surface area contributed by atoms with E-state index in [2.05, 4.69) is 31.1 Å². The molecule has 21 heavy (non-hydrogen) atoms. The van der Waals surface area contributed by atoms with E-state index in [0.29, 0.717) is 17.6 Å². The van der Waals surface area contributed by atoms with E-state index in [1.54, 1.807) is 12.3 Å². The van der Waals surface area contributed by atoms with E-state index in [1.165, 1.54) is 12.1 Å². The number of nitrogens with one attached hydrogen (secondary N) is 1. The van der Waals surface area contributed by atoms with Crippen LogP contribution in [0, 0.1) is 5.82 Å². The first-order valence-electron chi connectivity index (χ1n) is 6.55. The van der Waals surface area contributed by atoms with E-state index in [-0.39, 0.29) is 17.5 Å². The van der Waals surface area contributed by atoms with Gasteiger partial charge in [-0.15, -0.1) is 0 Å². The van der Waals surface area contributed by atoms with Crippen LogP contribution >= 0.6 is 15.9 Å². The average molecular weight is 350 g/mol. The molecular formula is C15H13BrFN3O. The molecule has 2 aromatic rings. The van der Waals surface area contributed by atoms with Gasteiger partial charge in [-0.25, -0.2) is 9.37 Å². The fourth-order valence-electron chi connectivity index (χ4n) is 2.23. The third-order valence-corrected chi connectivity index (χ3v) is 3.86. The number of nitrogens with zero attached hydrogens (tertiary/aromatic N) is 2. The van der Waals surface area contributed by atoms with Gasteiger partial charge in [-0.2, -0.15) is 0 Å². The summed E-state index contributed by atoms with van der Waals surface area (Å²) in [4.78, 5) is 18.3. The molecule has 1 saturated heterocycles. The highest BCUT2D eigenvalue weighted by molar-refractivity contribution is 9.10. The molecule has 0 atom stereocenters. The maximum absolute atomic E-state index is 13.7. The highest BCUT2D eigenvalue weighted by atomic mass is 79.9. The van der Waals surface area contributed by atoms with E-state index in [0.717, 1.165) is 5.82 Å². The van der Waals surface area contributed by atoms with Gasteiger partial charge in [0.25, 0.3) is 5.91 Å². The molecule has 0 saturated carbocycles. The lowest BCUT2D eigenvalue weighted by molar-refractivity contribution is 0.0926. The van der Waals surface area contributed by atoms with Crippen LogP contribution in [0.25, 0.3) is 0 Å². The van der Waals surface area contributed by atoms with Crippen LogP contribution in [0.5, 0.6) is 0 Å². The molecule has 0 spiro atoms. The number of benzene rings is 1. The Hall–Kier alpha value is -1.95. The van der Waals surface area contributed by atoms with Crippen LogP contribution in [0.1, 0.15) is 10.4 Å². The lowest BCUT2D eigenvalue weighted by Gasteiger charge is -2.40. The first-order valence-corrected chi connectivity index (χ1v) is 7.34. The van der Waals surface area contributed by atoms with Crippen molar-refractivity contribution in [3.05, 3.63) is 58.4 Å². The molecular weight excluding hydrogens is 337 g/mol. The molecule has 0 unspecified atom stereocenters. The molecule has 1 aliphatic rings. The van der Waals surface area contributed by atoms with Gasteiger partial charge in [-0.05, 0) is 30.3 Å². The number of halogens is 2. The van der Waals surface area contributed by atoms with Crippen LogP contribution in [-0.4, -0.2) is 30.0 Å². The zero-order chi connectivity index (χ0) is 14.8. The topological polar surface area (TPSA) is 45.2 Å². The maximum Gasteiger partial charge on any atom is 0.254 e. The fraction of sp³-hybridized carbons (Fsp3) is 0.200. The molecule has 0 aliphatic carbocycles. The van der Waals surface area contributed by atoms with E-state index >= 15 is 0 Å². The summed E-state index contributed by atoms with van der Waals surface area (Å²) in [6, 6.07) is 10.1. The van der Waals surface area contributed by atoms with Crippen molar-refractivity contribution in [2.45, 2.75) is 6.04 Å². The van der Waals surface area contributed by atoms with Crippen molar-refractivity contribution < 1.29 is 9.18 Å². The third-order valence-electron chi connectivity index (χ3n) is 3.37. The Morgan fingerprint density at radius 1 is 1.33 bits per heavy atom. The second-order valence-electron chi connectivity index (χ2n) is 4.89. The van der Waals surface area contributed by atoms with Crippen molar-refractivity contribution in [3.8, 4) is 0 Å². The predicted octanol–water partition coefficient (Wildman–Crippen LogP) is 2.60. The van der Waals surface area contributed by atoms with E-state index in [9.17, 15) is 9.18 Å². The minimum Gasteiger partial charge on any atom is -0.352 e. The molecule has 4 nitrogen and oxygen atoms in total. The normalized spacial score (nSPS) is 14.7. The van der Waals surface area contributed by atoms with Gasteiger partial charge in [-0.3, -0.25) is 4.79 Å². The second kappa shape index (κ2) is 5.81. The van der Waals surface area contributed by atoms with Crippen LogP contribution < -0.4 is 10.2 Å². The molecule has 1 N–H and O–H groups in total. The van der Waals surface area contributed by atoms with Gasteiger partial charge in [0.15, 0.2) is 0 Å². The van der Waals surface area contributed by atoms with Gasteiger partial charge in [0.2, 0.25) is 0 Å². The number of carbonyl (C=O) groups excluding carboxylic acids is 1. The highest BCUT2D eigenvalue weighted by Crippen LogP contribution is 2.19. The van der Waals surface area contributed by atoms with Gasteiger partial charge >= 0.3 is 0 Å². The number of carbonyl (C=O) groups is 1. The quantitative estimate of drug-likeness (QED) is 0.926. The van der Waals surface area contributed by atoms with Crippen LogP contribution in [0.15, 0.2) is 47.1 Å². The molecule has 3 rings (SSSR count). The summed E-state index contributed by atoms with van der Waals surface area (Å²) in [7, 11) is 0. The second-order valence-corrected chi connectivity index (χ2v) is 5.80. The summed E-state index contributed by atoms with van der Waals surface area (Å²) in [5.41, 5.74) is 0.0643. The number of amides is 1. The Morgan fingerprint density at radius 3 is 2.81 bits per heavy atom. The largest absolute Gasteiger partial charge is 0.352 e. The third kappa shape index (κ3) is 3.05. The number of aromatic nitrogens is 1. The average Bonchev–Trinajstić information content (AvgIpc) is 2.43. The number of anilines is 1. The molecule has 0 bridgehead atoms. The number of rotatable bonds is 3. The molecule has 1 aromatic carbocycles. The fourth-order valence-corrected chi connectivity index (χ4v) is 2.57. The minimum absolute atomic E-state index is 0.0163. The molecule has 1 aliphatic heterocycles. The lowest BCUT2D eigenvalue weighted by atomic mass is 10.1. The Morgan fingerprint density at radius 2 is 2.14 bits per heavy atom. The molecule has 1 amide bonds. The zero-order valence-corrected chi connectivity index (χ0v) is 12.7. The molecule has 108 valence electrons. The Kier molecular flexibility index (Phi) is 3.88. The highest BCUT2D eigenvalue weighted by Gasteiger charge is 2.29. The Balaban J connectivity index is 1.58. The van der Waals surface area contributed by atoms with E-state index in [1.807, 2.05) is 18.2 Å². The Bertz CT molecular complexity index is 659. The molecule has 0 radical (unpaired) electrons. The van der Waals surface area contributed by atoms with Crippen molar-refractivity contribution in [1.29, 1.82) is 0 Å². The SMILES string of the molecule is O=C(NC1CN(c2ccccn2)C1)c1ccc(Br)cc1F. The lowest BCUT2D eigenvalue weighted by Crippen LogP contribution is -2.59. The predicted molar refractivity (Wildman–Crippen MR) is 81.8 cm³/mol.